The highest BCUT2D eigenvalue weighted by Crippen LogP contribution is 2.28. The first-order valence-electron chi connectivity index (χ1n) is 10.3. The van der Waals surface area contributed by atoms with Crippen LogP contribution in [0.5, 0.6) is 0 Å². The predicted molar refractivity (Wildman–Crippen MR) is 116 cm³/mol. The zero-order valence-corrected chi connectivity index (χ0v) is 17.4. The van der Waals surface area contributed by atoms with Gasteiger partial charge in [0.25, 0.3) is 11.5 Å². The molecule has 0 spiro atoms. The van der Waals surface area contributed by atoms with Crippen LogP contribution in [0.4, 0.5) is 0 Å². The highest BCUT2D eigenvalue weighted by Gasteiger charge is 2.27. The van der Waals surface area contributed by atoms with Crippen LogP contribution >= 0.6 is 0 Å². The number of hydrogen-bond acceptors (Lipinski definition) is 4. The highest BCUT2D eigenvalue weighted by molar-refractivity contribution is 5.92. The molecule has 6 heteroatoms. The van der Waals surface area contributed by atoms with Crippen molar-refractivity contribution >= 4 is 5.91 Å². The number of pyridine rings is 1. The van der Waals surface area contributed by atoms with Crippen molar-refractivity contribution in [2.24, 2.45) is 7.05 Å². The first-order chi connectivity index (χ1) is 14.5. The molecule has 3 aromatic rings. The summed E-state index contributed by atoms with van der Waals surface area (Å²) in [5, 5.41) is 4.12. The van der Waals surface area contributed by atoms with E-state index < -0.39 is 0 Å². The number of hydrogen-bond donors (Lipinski definition) is 0. The lowest BCUT2D eigenvalue weighted by molar-refractivity contribution is 0.0697. The molecule has 2 aromatic heterocycles. The number of benzene rings is 1. The topological polar surface area (TPSA) is 68.1 Å². The van der Waals surface area contributed by atoms with Gasteiger partial charge in [0.05, 0.1) is 0 Å². The van der Waals surface area contributed by atoms with E-state index in [4.69, 9.17) is 4.98 Å². The van der Waals surface area contributed by atoms with Gasteiger partial charge in [0.2, 0.25) is 0 Å². The third-order valence-corrected chi connectivity index (χ3v) is 5.59. The summed E-state index contributed by atoms with van der Waals surface area (Å²) in [5.41, 5.74) is 4.65. The Labute approximate surface area is 176 Å². The molecule has 1 aliphatic heterocycles. The van der Waals surface area contributed by atoms with Crippen molar-refractivity contribution < 1.29 is 4.79 Å². The Bertz CT molecular complexity index is 1110. The summed E-state index contributed by atoms with van der Waals surface area (Å²) >= 11 is 0. The number of likely N-dealkylation sites (tertiary alicyclic amines) is 1. The average Bonchev–Trinajstić information content (AvgIpc) is 2.75. The summed E-state index contributed by atoms with van der Waals surface area (Å²) < 4.78 is 1.20. The molecular weight excluding hydrogens is 376 g/mol. The Morgan fingerprint density at radius 3 is 2.67 bits per heavy atom. The van der Waals surface area contributed by atoms with Crippen LogP contribution in [0.1, 0.15) is 51.8 Å². The van der Waals surface area contributed by atoms with Gasteiger partial charge in [-0.3, -0.25) is 14.6 Å². The minimum absolute atomic E-state index is 0.132. The first-order valence-corrected chi connectivity index (χ1v) is 10.3. The molecule has 0 unspecified atom stereocenters. The second-order valence-corrected chi connectivity index (χ2v) is 7.97. The molecule has 0 bridgehead atoms. The second-order valence-electron chi connectivity index (χ2n) is 7.97. The van der Waals surface area contributed by atoms with E-state index in [1.807, 2.05) is 17.9 Å². The van der Waals surface area contributed by atoms with E-state index in [0.717, 1.165) is 30.7 Å². The van der Waals surface area contributed by atoms with Crippen LogP contribution in [-0.4, -0.2) is 38.7 Å². The fourth-order valence-electron chi connectivity index (χ4n) is 4.09. The van der Waals surface area contributed by atoms with Crippen LogP contribution in [0.15, 0.2) is 59.4 Å². The Balaban J connectivity index is 1.53. The standard InChI is InChI=1S/C24H26N4O2/c1-17-13-19(14-18-7-4-3-5-8-18)15-22(25-17)20-9-6-12-28(16-20)24(30)21-10-11-23(29)27(2)26-21/h3-5,7-8,10-11,13,15,20H,6,9,12,14,16H2,1-2H3/t20-/m0/s1. The average molecular weight is 402 g/mol. The van der Waals surface area contributed by atoms with Gasteiger partial charge >= 0.3 is 0 Å². The highest BCUT2D eigenvalue weighted by atomic mass is 16.2. The fourth-order valence-corrected chi connectivity index (χ4v) is 4.09. The molecule has 0 aliphatic carbocycles. The van der Waals surface area contributed by atoms with Crippen LogP contribution in [0.2, 0.25) is 0 Å². The van der Waals surface area contributed by atoms with Crippen molar-refractivity contribution in [2.45, 2.75) is 32.1 Å². The lowest BCUT2D eigenvalue weighted by Crippen LogP contribution is -2.40. The summed E-state index contributed by atoms with van der Waals surface area (Å²) in [6.07, 6.45) is 2.80. The predicted octanol–water partition coefficient (Wildman–Crippen LogP) is 3.09. The molecule has 1 amide bonds. The van der Waals surface area contributed by atoms with Crippen LogP contribution in [0.3, 0.4) is 0 Å². The largest absolute Gasteiger partial charge is 0.337 e. The quantitative estimate of drug-likeness (QED) is 0.673. The molecule has 4 rings (SSSR count). The summed E-state index contributed by atoms with van der Waals surface area (Å²) in [6, 6.07) is 17.6. The molecule has 1 fully saturated rings. The number of piperidine rings is 1. The third-order valence-electron chi connectivity index (χ3n) is 5.59. The summed E-state index contributed by atoms with van der Waals surface area (Å²) in [6.45, 7) is 3.34. The molecule has 0 radical (unpaired) electrons. The van der Waals surface area contributed by atoms with Crippen molar-refractivity contribution in [1.82, 2.24) is 19.7 Å². The van der Waals surface area contributed by atoms with E-state index >= 15 is 0 Å². The van der Waals surface area contributed by atoms with Crippen LogP contribution < -0.4 is 5.56 Å². The second kappa shape index (κ2) is 8.61. The summed E-state index contributed by atoms with van der Waals surface area (Å²) in [7, 11) is 1.56. The summed E-state index contributed by atoms with van der Waals surface area (Å²) in [5.74, 6) is 0.0668. The number of aryl methyl sites for hydroxylation is 2. The van der Waals surface area contributed by atoms with Gasteiger partial charge in [0.15, 0.2) is 0 Å². The first kappa shape index (κ1) is 20.0. The molecule has 1 aromatic carbocycles. The van der Waals surface area contributed by atoms with E-state index in [1.165, 1.54) is 27.9 Å². The van der Waals surface area contributed by atoms with Gasteiger partial charge in [0.1, 0.15) is 5.69 Å². The maximum Gasteiger partial charge on any atom is 0.274 e. The Hall–Kier alpha value is -3.28. The van der Waals surface area contributed by atoms with Gasteiger partial charge in [0, 0.05) is 43.5 Å². The zero-order chi connectivity index (χ0) is 21.1. The van der Waals surface area contributed by atoms with Crippen molar-refractivity contribution in [1.29, 1.82) is 0 Å². The van der Waals surface area contributed by atoms with Crippen molar-refractivity contribution in [3.63, 3.8) is 0 Å². The van der Waals surface area contributed by atoms with Gasteiger partial charge in [-0.1, -0.05) is 30.3 Å². The molecule has 0 saturated carbocycles. The molecule has 0 N–H and O–H groups in total. The Kier molecular flexibility index (Phi) is 5.74. The number of amides is 1. The third kappa shape index (κ3) is 4.48. The minimum atomic E-state index is -0.224. The van der Waals surface area contributed by atoms with Crippen LogP contribution in [-0.2, 0) is 13.5 Å². The molecule has 1 atom stereocenters. The van der Waals surface area contributed by atoms with E-state index in [2.05, 4.69) is 41.5 Å². The van der Waals surface area contributed by atoms with Gasteiger partial charge in [-0.15, -0.1) is 0 Å². The number of rotatable bonds is 4. The van der Waals surface area contributed by atoms with E-state index in [-0.39, 0.29) is 17.4 Å². The van der Waals surface area contributed by atoms with E-state index in [0.29, 0.717) is 18.8 Å². The lowest BCUT2D eigenvalue weighted by Gasteiger charge is -2.32. The molecule has 3 heterocycles. The summed E-state index contributed by atoms with van der Waals surface area (Å²) in [4.78, 5) is 31.1. The Morgan fingerprint density at radius 2 is 1.90 bits per heavy atom. The maximum absolute atomic E-state index is 12.9. The molecule has 154 valence electrons. The minimum Gasteiger partial charge on any atom is -0.337 e. The van der Waals surface area contributed by atoms with Crippen molar-refractivity contribution in [3.05, 3.63) is 93.2 Å². The number of aromatic nitrogens is 3. The van der Waals surface area contributed by atoms with Gasteiger partial charge in [-0.05, 0) is 55.5 Å². The van der Waals surface area contributed by atoms with Crippen LogP contribution in [0, 0.1) is 6.92 Å². The zero-order valence-electron chi connectivity index (χ0n) is 17.4. The normalized spacial score (nSPS) is 16.5. The number of nitrogens with zero attached hydrogens (tertiary/aromatic N) is 4. The van der Waals surface area contributed by atoms with Crippen molar-refractivity contribution in [2.75, 3.05) is 13.1 Å². The smallest absolute Gasteiger partial charge is 0.274 e. The maximum atomic E-state index is 12.9. The van der Waals surface area contributed by atoms with Gasteiger partial charge in [-0.2, -0.15) is 5.10 Å². The fraction of sp³-hybridized carbons (Fsp3) is 0.333. The number of carbonyl (C=O) groups excluding carboxylic acids is 1. The molecule has 1 saturated heterocycles. The molecule has 1 aliphatic rings. The van der Waals surface area contributed by atoms with Gasteiger partial charge in [-0.25, -0.2) is 4.68 Å². The molecule has 6 nitrogen and oxygen atoms in total. The van der Waals surface area contributed by atoms with Crippen molar-refractivity contribution in [3.8, 4) is 0 Å². The van der Waals surface area contributed by atoms with E-state index in [9.17, 15) is 9.59 Å². The molecule has 30 heavy (non-hydrogen) atoms. The SMILES string of the molecule is Cc1cc(Cc2ccccc2)cc([C@H]2CCCN(C(=O)c3ccc(=O)n(C)n3)C2)n1. The monoisotopic (exact) mass is 402 g/mol. The van der Waals surface area contributed by atoms with E-state index in [1.54, 1.807) is 7.05 Å². The number of carbonyl (C=O) groups is 1. The lowest BCUT2D eigenvalue weighted by atomic mass is 9.92. The van der Waals surface area contributed by atoms with Crippen LogP contribution in [0.25, 0.3) is 0 Å². The molecular formula is C24H26N4O2. The Morgan fingerprint density at radius 1 is 1.10 bits per heavy atom. The van der Waals surface area contributed by atoms with Gasteiger partial charge < -0.3 is 4.90 Å².